The average molecular weight is 497 g/mol. The zero-order valence-electron chi connectivity index (χ0n) is 20.8. The summed E-state index contributed by atoms with van der Waals surface area (Å²) in [7, 11) is 0. The van der Waals surface area contributed by atoms with Crippen LogP contribution in [0.5, 0.6) is 5.75 Å². The van der Waals surface area contributed by atoms with Gasteiger partial charge in [-0.1, -0.05) is 26.0 Å². The van der Waals surface area contributed by atoms with Crippen LogP contribution in [0.3, 0.4) is 0 Å². The standard InChI is InChI=1S/C27H33FN4O4/c1-27(2,17-33)16-30-25(35)22-24(34)23-21(32(26(22)36)12-11-31-9-3-4-10-31)14-19(15-29-23)13-18-5-7-20(28)8-6-18/h5-8,14-15,33-34H,3-4,9-13,16-17H2,1-2H3,(H,30,35). The van der Waals surface area contributed by atoms with E-state index in [1.807, 2.05) is 0 Å². The van der Waals surface area contributed by atoms with Crippen molar-refractivity contribution in [2.24, 2.45) is 5.41 Å². The number of hydrogen-bond donors (Lipinski definition) is 3. The number of aliphatic hydroxyl groups is 1. The molecule has 192 valence electrons. The molecule has 0 radical (unpaired) electrons. The number of nitrogens with zero attached hydrogens (tertiary/aromatic N) is 3. The van der Waals surface area contributed by atoms with Crippen molar-refractivity contribution in [3.63, 3.8) is 0 Å². The van der Waals surface area contributed by atoms with Crippen molar-refractivity contribution in [3.8, 4) is 5.75 Å². The molecule has 0 bridgehead atoms. The van der Waals surface area contributed by atoms with Crippen LogP contribution in [0.4, 0.5) is 4.39 Å². The van der Waals surface area contributed by atoms with E-state index < -0.39 is 22.6 Å². The van der Waals surface area contributed by atoms with Crippen LogP contribution in [-0.4, -0.2) is 63.4 Å². The minimum Gasteiger partial charge on any atom is -0.505 e. The molecule has 0 aliphatic carbocycles. The third-order valence-electron chi connectivity index (χ3n) is 6.68. The van der Waals surface area contributed by atoms with Crippen molar-refractivity contribution < 1.29 is 19.4 Å². The summed E-state index contributed by atoms with van der Waals surface area (Å²) in [6, 6.07) is 7.97. The van der Waals surface area contributed by atoms with Gasteiger partial charge in [-0.3, -0.25) is 14.6 Å². The summed E-state index contributed by atoms with van der Waals surface area (Å²) in [5.41, 5.74) is 0.786. The summed E-state index contributed by atoms with van der Waals surface area (Å²) >= 11 is 0. The molecule has 4 rings (SSSR count). The van der Waals surface area contributed by atoms with E-state index in [0.29, 0.717) is 25.0 Å². The summed E-state index contributed by atoms with van der Waals surface area (Å²) < 4.78 is 14.8. The van der Waals surface area contributed by atoms with Crippen LogP contribution in [0.25, 0.3) is 11.0 Å². The van der Waals surface area contributed by atoms with E-state index in [2.05, 4.69) is 15.2 Å². The molecule has 3 aromatic rings. The molecule has 36 heavy (non-hydrogen) atoms. The summed E-state index contributed by atoms with van der Waals surface area (Å²) in [4.78, 5) is 33.3. The van der Waals surface area contributed by atoms with Crippen LogP contribution in [0.1, 0.15) is 48.2 Å². The Labute approximate surface area is 209 Å². The summed E-state index contributed by atoms with van der Waals surface area (Å²) in [6.07, 6.45) is 4.30. The van der Waals surface area contributed by atoms with E-state index >= 15 is 0 Å². The Bertz CT molecular complexity index is 1300. The fraction of sp³-hybridized carbons (Fsp3) is 0.444. The molecule has 3 heterocycles. The number of benzene rings is 1. The first-order chi connectivity index (χ1) is 17.2. The fourth-order valence-electron chi connectivity index (χ4n) is 4.42. The molecule has 8 nitrogen and oxygen atoms in total. The molecule has 0 unspecified atom stereocenters. The lowest BCUT2D eigenvalue weighted by atomic mass is 9.95. The number of hydrogen-bond acceptors (Lipinski definition) is 6. The average Bonchev–Trinajstić information content (AvgIpc) is 3.38. The van der Waals surface area contributed by atoms with Crippen molar-refractivity contribution in [2.75, 3.05) is 32.8 Å². The van der Waals surface area contributed by atoms with Gasteiger partial charge in [-0.25, -0.2) is 4.39 Å². The first-order valence-electron chi connectivity index (χ1n) is 12.3. The molecule has 0 saturated carbocycles. The smallest absolute Gasteiger partial charge is 0.267 e. The number of aliphatic hydroxyl groups excluding tert-OH is 1. The molecule has 1 aliphatic heterocycles. The molecular weight excluding hydrogens is 463 g/mol. The van der Waals surface area contributed by atoms with Crippen molar-refractivity contribution in [1.29, 1.82) is 0 Å². The third kappa shape index (κ3) is 5.74. The number of rotatable bonds is 9. The van der Waals surface area contributed by atoms with E-state index in [1.54, 1.807) is 38.2 Å². The van der Waals surface area contributed by atoms with Crippen LogP contribution in [0, 0.1) is 11.2 Å². The molecule has 1 aliphatic rings. The number of aromatic nitrogens is 2. The number of carbonyl (C=O) groups excluding carboxylic acids is 1. The number of aromatic hydroxyl groups is 1. The first-order valence-corrected chi connectivity index (χ1v) is 12.3. The molecule has 1 fully saturated rings. The molecule has 1 aromatic carbocycles. The van der Waals surface area contributed by atoms with Gasteiger partial charge in [0.2, 0.25) is 0 Å². The van der Waals surface area contributed by atoms with E-state index in [-0.39, 0.29) is 30.0 Å². The second-order valence-electron chi connectivity index (χ2n) is 10.2. The Balaban J connectivity index is 1.74. The lowest BCUT2D eigenvalue weighted by Gasteiger charge is -2.22. The predicted molar refractivity (Wildman–Crippen MR) is 136 cm³/mol. The zero-order chi connectivity index (χ0) is 25.9. The van der Waals surface area contributed by atoms with Gasteiger partial charge >= 0.3 is 0 Å². The summed E-state index contributed by atoms with van der Waals surface area (Å²) in [6.45, 7) is 6.47. The normalized spacial score (nSPS) is 14.4. The minimum atomic E-state index is -0.701. The van der Waals surface area contributed by atoms with Crippen LogP contribution in [0.15, 0.2) is 41.3 Å². The van der Waals surface area contributed by atoms with E-state index in [0.717, 1.165) is 37.1 Å². The highest BCUT2D eigenvalue weighted by atomic mass is 19.1. The van der Waals surface area contributed by atoms with E-state index in [4.69, 9.17) is 0 Å². The number of carbonyl (C=O) groups is 1. The number of amides is 1. The monoisotopic (exact) mass is 496 g/mol. The molecule has 9 heteroatoms. The molecule has 3 N–H and O–H groups in total. The van der Waals surface area contributed by atoms with Gasteiger partial charge in [0.15, 0.2) is 5.75 Å². The molecule has 2 aromatic heterocycles. The Morgan fingerprint density at radius 1 is 1.14 bits per heavy atom. The molecular formula is C27H33FN4O4. The maximum atomic E-state index is 13.6. The lowest BCUT2D eigenvalue weighted by Crippen LogP contribution is -2.40. The predicted octanol–water partition coefficient (Wildman–Crippen LogP) is 2.68. The fourth-order valence-corrected chi connectivity index (χ4v) is 4.42. The number of fused-ring (bicyclic) bond motifs is 1. The van der Waals surface area contributed by atoms with Gasteiger partial charge in [0.1, 0.15) is 16.9 Å². The Morgan fingerprint density at radius 2 is 1.83 bits per heavy atom. The minimum absolute atomic E-state index is 0.136. The maximum Gasteiger partial charge on any atom is 0.267 e. The maximum absolute atomic E-state index is 13.6. The second kappa shape index (κ2) is 10.8. The van der Waals surface area contributed by atoms with Gasteiger partial charge in [0.05, 0.1) is 5.52 Å². The largest absolute Gasteiger partial charge is 0.505 e. The quantitative estimate of drug-likeness (QED) is 0.421. The second-order valence-corrected chi connectivity index (χ2v) is 10.2. The Morgan fingerprint density at radius 3 is 2.50 bits per heavy atom. The van der Waals surface area contributed by atoms with Gasteiger partial charge in [0, 0.05) is 37.9 Å². The number of pyridine rings is 2. The highest BCUT2D eigenvalue weighted by Crippen LogP contribution is 2.26. The molecule has 1 amide bonds. The number of halogens is 1. The zero-order valence-corrected chi connectivity index (χ0v) is 20.8. The number of likely N-dealkylation sites (tertiary alicyclic amines) is 1. The Hall–Kier alpha value is -3.30. The van der Waals surface area contributed by atoms with Crippen molar-refractivity contribution in [3.05, 3.63) is 69.4 Å². The van der Waals surface area contributed by atoms with Gasteiger partial charge < -0.3 is 25.0 Å². The highest BCUT2D eigenvalue weighted by molar-refractivity contribution is 6.01. The number of nitrogens with one attached hydrogen (secondary N) is 1. The van der Waals surface area contributed by atoms with Crippen molar-refractivity contribution in [1.82, 2.24) is 19.8 Å². The molecule has 1 saturated heterocycles. The first kappa shape index (κ1) is 25.8. The van der Waals surface area contributed by atoms with Gasteiger partial charge in [-0.2, -0.15) is 0 Å². The SMILES string of the molecule is CC(C)(CO)CNC(=O)c1c(O)c2ncc(Cc3ccc(F)cc3)cc2n(CCN2CCCC2)c1=O. The van der Waals surface area contributed by atoms with Crippen molar-refractivity contribution in [2.45, 2.75) is 39.7 Å². The third-order valence-corrected chi connectivity index (χ3v) is 6.68. The van der Waals surface area contributed by atoms with Crippen molar-refractivity contribution >= 4 is 16.9 Å². The van der Waals surface area contributed by atoms with Crippen LogP contribution in [0.2, 0.25) is 0 Å². The Kier molecular flexibility index (Phi) is 7.70. The van der Waals surface area contributed by atoms with Gasteiger partial charge in [-0.05, 0) is 61.7 Å². The van der Waals surface area contributed by atoms with Crippen LogP contribution in [-0.2, 0) is 13.0 Å². The highest BCUT2D eigenvalue weighted by Gasteiger charge is 2.26. The van der Waals surface area contributed by atoms with Gasteiger partial charge in [0.25, 0.3) is 11.5 Å². The van der Waals surface area contributed by atoms with E-state index in [1.165, 1.54) is 16.7 Å². The lowest BCUT2D eigenvalue weighted by molar-refractivity contribution is 0.0906. The van der Waals surface area contributed by atoms with Crippen LogP contribution >= 0.6 is 0 Å². The molecule has 0 spiro atoms. The van der Waals surface area contributed by atoms with Gasteiger partial charge in [-0.15, -0.1) is 0 Å². The topological polar surface area (TPSA) is 108 Å². The molecule has 0 atom stereocenters. The summed E-state index contributed by atoms with van der Waals surface area (Å²) in [5, 5.41) is 23.1. The van der Waals surface area contributed by atoms with E-state index in [9.17, 15) is 24.2 Å². The summed E-state index contributed by atoms with van der Waals surface area (Å²) in [5.74, 6) is -1.47. The van der Waals surface area contributed by atoms with Crippen LogP contribution < -0.4 is 10.9 Å².